The van der Waals surface area contributed by atoms with Gasteiger partial charge in [0, 0.05) is 43.1 Å². The summed E-state index contributed by atoms with van der Waals surface area (Å²) in [6.45, 7) is 2.18. The van der Waals surface area contributed by atoms with Crippen molar-refractivity contribution in [1.82, 2.24) is 14.7 Å². The molecule has 4 atom stereocenters. The third-order valence-corrected chi connectivity index (χ3v) is 8.62. The predicted molar refractivity (Wildman–Crippen MR) is 132 cm³/mol. The molecule has 7 nitrogen and oxygen atoms in total. The van der Waals surface area contributed by atoms with Crippen molar-refractivity contribution >= 4 is 18.2 Å². The molecule has 1 amide bonds. The SMILES string of the molecule is C[C@H](C(=O)O)[C@H](CCN1CC2C(C1)C2(F)F)N(C=O)c1cc(-c2ccccc2C(F)(F)F)n(C2CCCC2)n1. The molecule has 2 aromatic rings. The highest BCUT2D eigenvalue weighted by molar-refractivity contribution is 5.80. The van der Waals surface area contributed by atoms with Crippen LogP contribution in [0, 0.1) is 17.8 Å². The lowest BCUT2D eigenvalue weighted by Crippen LogP contribution is -2.44. The number of alkyl halides is 5. The average molecular weight is 555 g/mol. The maximum absolute atomic E-state index is 13.9. The molecule has 1 aromatic carbocycles. The van der Waals surface area contributed by atoms with Crippen LogP contribution in [-0.2, 0) is 15.8 Å². The predicted octanol–water partition coefficient (Wildman–Crippen LogP) is 5.32. The number of amides is 1. The van der Waals surface area contributed by atoms with Crippen molar-refractivity contribution in [2.75, 3.05) is 24.5 Å². The monoisotopic (exact) mass is 554 g/mol. The minimum Gasteiger partial charge on any atom is -0.481 e. The highest BCUT2D eigenvalue weighted by Crippen LogP contribution is 2.59. The second kappa shape index (κ2) is 10.2. The maximum Gasteiger partial charge on any atom is 0.417 e. The van der Waals surface area contributed by atoms with Crippen molar-refractivity contribution in [2.24, 2.45) is 17.8 Å². The molecule has 0 bridgehead atoms. The number of anilines is 1. The molecule has 39 heavy (non-hydrogen) atoms. The number of benzene rings is 1. The third-order valence-electron chi connectivity index (χ3n) is 8.62. The Kier molecular flexibility index (Phi) is 7.19. The summed E-state index contributed by atoms with van der Waals surface area (Å²) in [7, 11) is 0. The van der Waals surface area contributed by atoms with Crippen molar-refractivity contribution in [3.8, 4) is 11.3 Å². The fraction of sp³-hybridized carbons (Fsp3) is 0.593. The fourth-order valence-electron chi connectivity index (χ4n) is 6.27. The number of fused-ring (bicyclic) bond motifs is 1. The van der Waals surface area contributed by atoms with E-state index >= 15 is 0 Å². The average Bonchev–Trinajstić information content (AvgIpc) is 3.49. The number of carboxylic acids is 1. The lowest BCUT2D eigenvalue weighted by molar-refractivity contribution is -0.142. The first-order valence-corrected chi connectivity index (χ1v) is 13.3. The highest BCUT2D eigenvalue weighted by atomic mass is 19.4. The second-order valence-corrected chi connectivity index (χ2v) is 11.0. The molecule has 212 valence electrons. The van der Waals surface area contributed by atoms with E-state index in [-0.39, 0.29) is 42.6 Å². The number of hydrogen-bond acceptors (Lipinski definition) is 4. The zero-order valence-corrected chi connectivity index (χ0v) is 21.5. The third kappa shape index (κ3) is 5.15. The molecular weight excluding hydrogens is 523 g/mol. The van der Waals surface area contributed by atoms with Gasteiger partial charge in [-0.25, -0.2) is 8.78 Å². The Morgan fingerprint density at radius 3 is 2.44 bits per heavy atom. The zero-order valence-electron chi connectivity index (χ0n) is 21.5. The van der Waals surface area contributed by atoms with Crippen LogP contribution in [0.1, 0.15) is 50.6 Å². The summed E-state index contributed by atoms with van der Waals surface area (Å²) < 4.78 is 70.5. The summed E-state index contributed by atoms with van der Waals surface area (Å²) in [4.78, 5) is 27.4. The van der Waals surface area contributed by atoms with Crippen molar-refractivity contribution < 1.29 is 36.6 Å². The van der Waals surface area contributed by atoms with E-state index in [2.05, 4.69) is 5.10 Å². The van der Waals surface area contributed by atoms with E-state index in [0.717, 1.165) is 31.7 Å². The Bertz CT molecular complexity index is 1210. The molecule has 0 spiro atoms. The molecule has 0 radical (unpaired) electrons. The van der Waals surface area contributed by atoms with E-state index in [4.69, 9.17) is 0 Å². The van der Waals surface area contributed by atoms with E-state index < -0.39 is 47.4 Å². The van der Waals surface area contributed by atoms with E-state index in [0.29, 0.717) is 13.0 Å². The molecule has 1 aliphatic heterocycles. The Labute approximate surface area is 222 Å². The number of aromatic nitrogens is 2. The Balaban J connectivity index is 1.48. The topological polar surface area (TPSA) is 78.7 Å². The van der Waals surface area contributed by atoms with Crippen LogP contribution in [0.2, 0.25) is 0 Å². The number of hydrogen-bond donors (Lipinski definition) is 1. The van der Waals surface area contributed by atoms with Crippen LogP contribution in [0.5, 0.6) is 0 Å². The van der Waals surface area contributed by atoms with Crippen LogP contribution >= 0.6 is 0 Å². The number of carbonyl (C=O) groups is 2. The molecule has 3 fully saturated rings. The number of nitrogens with zero attached hydrogens (tertiary/aromatic N) is 4. The van der Waals surface area contributed by atoms with Crippen LogP contribution in [0.4, 0.5) is 27.8 Å². The van der Waals surface area contributed by atoms with Gasteiger partial charge < -0.3 is 10.0 Å². The Hall–Kier alpha value is -3.02. The lowest BCUT2D eigenvalue weighted by atomic mass is 9.97. The van der Waals surface area contributed by atoms with Gasteiger partial charge in [0.05, 0.1) is 29.3 Å². The van der Waals surface area contributed by atoms with Crippen LogP contribution < -0.4 is 4.90 Å². The Morgan fingerprint density at radius 1 is 1.21 bits per heavy atom. The summed E-state index contributed by atoms with van der Waals surface area (Å²) >= 11 is 0. The molecule has 1 N–H and O–H groups in total. The fourth-order valence-corrected chi connectivity index (χ4v) is 6.27. The van der Waals surface area contributed by atoms with E-state index in [9.17, 15) is 36.6 Å². The molecule has 1 saturated heterocycles. The van der Waals surface area contributed by atoms with Gasteiger partial charge in [-0.2, -0.15) is 18.3 Å². The number of carbonyl (C=O) groups excluding carboxylic acids is 1. The summed E-state index contributed by atoms with van der Waals surface area (Å²) in [5.41, 5.74) is -0.685. The van der Waals surface area contributed by atoms with E-state index in [1.807, 2.05) is 4.90 Å². The first-order chi connectivity index (χ1) is 18.4. The van der Waals surface area contributed by atoms with Crippen LogP contribution in [0.25, 0.3) is 11.3 Å². The zero-order chi connectivity index (χ0) is 28.1. The molecule has 1 aromatic heterocycles. The van der Waals surface area contributed by atoms with Gasteiger partial charge in [0.2, 0.25) is 6.41 Å². The van der Waals surface area contributed by atoms with Gasteiger partial charge in [-0.15, -0.1) is 0 Å². The standard InChI is InChI=1S/C27H31F5N4O3/c1-16(25(38)39)22(10-11-34-13-20-21(14-34)26(20,28)29)35(15-37)24-12-23(36(33-24)17-6-2-3-7-17)18-8-4-5-9-19(18)27(30,31)32/h4-5,8-9,12,15-17,20-22H,2-3,6-7,10-11,13-14H2,1H3,(H,38,39)/t16-,20?,21?,22-/m0/s1. The van der Waals surface area contributed by atoms with Gasteiger partial charge in [-0.3, -0.25) is 19.2 Å². The van der Waals surface area contributed by atoms with Crippen molar-refractivity contribution in [3.05, 3.63) is 35.9 Å². The number of carboxylic acid groups (broad SMARTS) is 1. The molecule has 2 aliphatic carbocycles. The van der Waals surface area contributed by atoms with Gasteiger partial charge in [-0.1, -0.05) is 31.0 Å². The number of likely N-dealkylation sites (tertiary alicyclic amines) is 1. The second-order valence-electron chi connectivity index (χ2n) is 11.0. The summed E-state index contributed by atoms with van der Waals surface area (Å²) in [6, 6.07) is 5.57. The molecule has 5 rings (SSSR count). The molecule has 2 heterocycles. The van der Waals surface area contributed by atoms with Crippen molar-refractivity contribution in [1.29, 1.82) is 0 Å². The van der Waals surface area contributed by atoms with Crippen LogP contribution in [0.15, 0.2) is 30.3 Å². The van der Waals surface area contributed by atoms with Crippen LogP contribution in [-0.4, -0.2) is 63.8 Å². The lowest BCUT2D eigenvalue weighted by Gasteiger charge is -2.31. The largest absolute Gasteiger partial charge is 0.481 e. The molecular formula is C27H31F5N4O3. The minimum atomic E-state index is -4.61. The molecule has 12 heteroatoms. The van der Waals surface area contributed by atoms with E-state index in [1.165, 1.54) is 36.1 Å². The van der Waals surface area contributed by atoms with Gasteiger partial charge in [-0.05, 0) is 32.3 Å². The highest BCUT2D eigenvalue weighted by Gasteiger charge is 2.71. The summed E-state index contributed by atoms with van der Waals surface area (Å²) in [6.07, 6.45) is -0.733. The summed E-state index contributed by atoms with van der Waals surface area (Å²) in [5.74, 6) is -6.13. The normalized spacial score (nSPS) is 24.4. The van der Waals surface area contributed by atoms with Crippen LogP contribution in [0.3, 0.4) is 0 Å². The summed E-state index contributed by atoms with van der Waals surface area (Å²) in [5, 5.41) is 14.4. The Morgan fingerprint density at radius 2 is 1.85 bits per heavy atom. The van der Waals surface area contributed by atoms with Gasteiger partial charge in [0.25, 0.3) is 5.92 Å². The van der Waals surface area contributed by atoms with Gasteiger partial charge >= 0.3 is 12.1 Å². The quantitative estimate of drug-likeness (QED) is 0.318. The van der Waals surface area contributed by atoms with Gasteiger partial charge in [0.15, 0.2) is 5.82 Å². The number of piperidine rings is 1. The minimum absolute atomic E-state index is 0.0674. The smallest absolute Gasteiger partial charge is 0.417 e. The number of aliphatic carboxylic acids is 1. The van der Waals surface area contributed by atoms with E-state index in [1.54, 1.807) is 4.68 Å². The first kappa shape index (κ1) is 27.5. The maximum atomic E-state index is 13.9. The molecule has 3 aliphatic rings. The number of rotatable bonds is 10. The number of halogens is 5. The van der Waals surface area contributed by atoms with Crippen molar-refractivity contribution in [3.63, 3.8) is 0 Å². The molecule has 2 saturated carbocycles. The van der Waals surface area contributed by atoms with Gasteiger partial charge in [0.1, 0.15) is 0 Å². The first-order valence-electron chi connectivity index (χ1n) is 13.3. The molecule has 2 unspecified atom stereocenters. The van der Waals surface area contributed by atoms with Crippen molar-refractivity contribution in [2.45, 2.75) is 63.2 Å².